The van der Waals surface area contributed by atoms with Gasteiger partial charge in [-0.15, -0.1) is 0 Å². The molecular weight excluding hydrogens is 254 g/mol. The van der Waals surface area contributed by atoms with E-state index in [4.69, 9.17) is 0 Å². The molecule has 1 aliphatic rings. The molecule has 0 radical (unpaired) electrons. The molecule has 5 heteroatoms. The molecule has 0 saturated heterocycles. The van der Waals surface area contributed by atoms with Gasteiger partial charge >= 0.3 is 0 Å². The average Bonchev–Trinajstić information content (AvgIpc) is 2.86. The lowest BCUT2D eigenvalue weighted by molar-refractivity contribution is 0.0637. The van der Waals surface area contributed by atoms with Gasteiger partial charge < -0.3 is 14.5 Å². The fraction of sp³-hybridized carbons (Fsp3) is 0.333. The van der Waals surface area contributed by atoms with Crippen LogP contribution >= 0.6 is 0 Å². The van der Waals surface area contributed by atoms with Crippen molar-refractivity contribution in [3.05, 3.63) is 57.8 Å². The van der Waals surface area contributed by atoms with Gasteiger partial charge in [0.25, 0.3) is 5.91 Å². The number of amides is 1. The van der Waals surface area contributed by atoms with Crippen molar-refractivity contribution in [2.75, 3.05) is 6.54 Å². The average molecular weight is 271 g/mol. The Labute approximate surface area is 116 Å². The third-order valence-corrected chi connectivity index (χ3v) is 3.81. The maximum Gasteiger partial charge on any atom is 0.271 e. The summed E-state index contributed by atoms with van der Waals surface area (Å²) in [6, 6.07) is 6.89. The van der Waals surface area contributed by atoms with Crippen molar-refractivity contribution in [1.82, 2.24) is 14.5 Å². The van der Waals surface area contributed by atoms with Crippen molar-refractivity contribution in [3.63, 3.8) is 0 Å². The number of carbonyl (C=O) groups is 1. The van der Waals surface area contributed by atoms with E-state index in [1.165, 1.54) is 12.1 Å². The van der Waals surface area contributed by atoms with Gasteiger partial charge in [0.05, 0.1) is 6.04 Å². The van der Waals surface area contributed by atoms with E-state index >= 15 is 0 Å². The normalized spacial score (nSPS) is 17.9. The highest BCUT2D eigenvalue weighted by atomic mass is 16.2. The molecule has 0 saturated carbocycles. The van der Waals surface area contributed by atoms with Gasteiger partial charge in [-0.2, -0.15) is 0 Å². The zero-order valence-electron chi connectivity index (χ0n) is 11.6. The van der Waals surface area contributed by atoms with Crippen LogP contribution in [0.2, 0.25) is 0 Å². The van der Waals surface area contributed by atoms with Crippen molar-refractivity contribution >= 4 is 5.91 Å². The second-order valence-corrected chi connectivity index (χ2v) is 5.21. The van der Waals surface area contributed by atoms with Crippen LogP contribution in [0.4, 0.5) is 0 Å². The molecule has 20 heavy (non-hydrogen) atoms. The number of nitrogens with zero attached hydrogens (tertiary/aromatic N) is 2. The van der Waals surface area contributed by atoms with Gasteiger partial charge in [-0.1, -0.05) is 0 Å². The number of aryl methyl sites for hydroxylation is 1. The lowest BCUT2D eigenvalue weighted by atomic mass is 10.1. The van der Waals surface area contributed by atoms with Crippen LogP contribution < -0.4 is 5.43 Å². The Morgan fingerprint density at radius 3 is 2.90 bits per heavy atom. The summed E-state index contributed by atoms with van der Waals surface area (Å²) in [7, 11) is 0. The Morgan fingerprint density at radius 1 is 1.35 bits per heavy atom. The number of hydrogen-bond donors (Lipinski definition) is 1. The zero-order chi connectivity index (χ0) is 14.3. The first-order valence-electron chi connectivity index (χ1n) is 6.73. The molecule has 104 valence electrons. The number of nitrogens with one attached hydrogen (secondary N) is 1. The molecule has 1 N–H and O–H groups in total. The lowest BCUT2D eigenvalue weighted by Crippen LogP contribution is -2.41. The molecular formula is C15H17N3O2. The Hall–Kier alpha value is -2.30. The SMILES string of the molecule is Cc1cc(=O)cc(C(=O)N2CCn3cccc3[C@H]2C)[nH]1. The summed E-state index contributed by atoms with van der Waals surface area (Å²) in [5.74, 6) is -0.120. The molecule has 0 unspecified atom stereocenters. The minimum atomic E-state index is -0.141. The fourth-order valence-electron chi connectivity index (χ4n) is 2.81. The predicted molar refractivity (Wildman–Crippen MR) is 75.7 cm³/mol. The van der Waals surface area contributed by atoms with Gasteiger partial charge in [-0.05, 0) is 26.0 Å². The quantitative estimate of drug-likeness (QED) is 0.858. The minimum absolute atomic E-state index is 0.00950. The number of aromatic nitrogens is 2. The van der Waals surface area contributed by atoms with Crippen molar-refractivity contribution in [3.8, 4) is 0 Å². The van der Waals surface area contributed by atoms with E-state index in [1.807, 2.05) is 25.3 Å². The summed E-state index contributed by atoms with van der Waals surface area (Å²) >= 11 is 0. The molecule has 0 spiro atoms. The second-order valence-electron chi connectivity index (χ2n) is 5.21. The van der Waals surface area contributed by atoms with Crippen LogP contribution in [0.1, 0.15) is 34.8 Å². The first kappa shape index (κ1) is 12.7. The van der Waals surface area contributed by atoms with Gasteiger partial charge in [0.2, 0.25) is 0 Å². The lowest BCUT2D eigenvalue weighted by Gasteiger charge is -2.34. The van der Waals surface area contributed by atoms with Crippen LogP contribution in [0, 0.1) is 6.92 Å². The summed E-state index contributed by atoms with van der Waals surface area (Å²) in [5, 5.41) is 0. The van der Waals surface area contributed by atoms with Crippen molar-refractivity contribution in [1.29, 1.82) is 0 Å². The molecule has 3 rings (SSSR count). The Morgan fingerprint density at radius 2 is 2.15 bits per heavy atom. The van der Waals surface area contributed by atoms with E-state index in [-0.39, 0.29) is 17.4 Å². The summed E-state index contributed by atoms with van der Waals surface area (Å²) < 4.78 is 2.16. The van der Waals surface area contributed by atoms with Crippen LogP contribution in [0.3, 0.4) is 0 Å². The molecule has 1 atom stereocenters. The molecule has 1 amide bonds. The minimum Gasteiger partial charge on any atom is -0.354 e. The summed E-state index contributed by atoms with van der Waals surface area (Å²) in [6.07, 6.45) is 2.03. The molecule has 3 heterocycles. The molecule has 0 aromatic carbocycles. The molecule has 2 aromatic rings. The molecule has 2 aromatic heterocycles. The molecule has 0 fully saturated rings. The predicted octanol–water partition coefficient (Wildman–Crippen LogP) is 1.70. The van der Waals surface area contributed by atoms with Crippen LogP contribution in [0.5, 0.6) is 0 Å². The van der Waals surface area contributed by atoms with Gasteiger partial charge in [-0.3, -0.25) is 9.59 Å². The van der Waals surface area contributed by atoms with Crippen molar-refractivity contribution in [2.45, 2.75) is 26.4 Å². The second kappa shape index (κ2) is 4.67. The van der Waals surface area contributed by atoms with E-state index in [0.29, 0.717) is 17.9 Å². The van der Waals surface area contributed by atoms with E-state index in [2.05, 4.69) is 9.55 Å². The monoisotopic (exact) mass is 271 g/mol. The van der Waals surface area contributed by atoms with E-state index in [9.17, 15) is 9.59 Å². The van der Waals surface area contributed by atoms with Crippen molar-refractivity contribution in [2.24, 2.45) is 0 Å². The summed E-state index contributed by atoms with van der Waals surface area (Å²) in [4.78, 5) is 28.9. The number of aromatic amines is 1. The third kappa shape index (κ3) is 2.05. The first-order valence-corrected chi connectivity index (χ1v) is 6.73. The maximum atomic E-state index is 12.6. The van der Waals surface area contributed by atoms with Crippen LogP contribution in [0.25, 0.3) is 0 Å². The Kier molecular flexibility index (Phi) is 2.97. The number of carbonyl (C=O) groups excluding carboxylic acids is 1. The summed E-state index contributed by atoms with van der Waals surface area (Å²) in [5.41, 5.74) is 2.05. The zero-order valence-corrected chi connectivity index (χ0v) is 11.6. The number of fused-ring (bicyclic) bond motifs is 1. The van der Waals surface area contributed by atoms with E-state index in [0.717, 1.165) is 12.2 Å². The van der Waals surface area contributed by atoms with Crippen molar-refractivity contribution < 1.29 is 4.79 Å². The molecule has 5 nitrogen and oxygen atoms in total. The number of hydrogen-bond acceptors (Lipinski definition) is 2. The van der Waals surface area contributed by atoms with Crippen LogP contribution in [0.15, 0.2) is 35.3 Å². The Balaban J connectivity index is 1.94. The fourth-order valence-corrected chi connectivity index (χ4v) is 2.81. The van der Waals surface area contributed by atoms with Crippen LogP contribution in [-0.4, -0.2) is 26.9 Å². The van der Waals surface area contributed by atoms with Crippen LogP contribution in [-0.2, 0) is 6.54 Å². The highest BCUT2D eigenvalue weighted by molar-refractivity contribution is 5.92. The molecule has 0 aliphatic carbocycles. The first-order chi connectivity index (χ1) is 9.56. The Bertz CT molecular complexity index is 714. The standard InChI is InChI=1S/C15H17N3O2/c1-10-8-12(19)9-13(16-10)15(20)18-7-6-17-5-3-4-14(17)11(18)2/h3-5,8-9,11H,6-7H2,1-2H3,(H,16,19)/t11-/m1/s1. The topological polar surface area (TPSA) is 58.1 Å². The van der Waals surface area contributed by atoms with Gasteiger partial charge in [0.1, 0.15) is 5.69 Å². The summed E-state index contributed by atoms with van der Waals surface area (Å²) in [6.45, 7) is 5.23. The van der Waals surface area contributed by atoms with E-state index < -0.39 is 0 Å². The van der Waals surface area contributed by atoms with E-state index in [1.54, 1.807) is 11.8 Å². The highest BCUT2D eigenvalue weighted by Crippen LogP contribution is 2.26. The molecule has 1 aliphatic heterocycles. The number of pyridine rings is 1. The van der Waals surface area contributed by atoms with Gasteiger partial charge in [-0.25, -0.2) is 0 Å². The smallest absolute Gasteiger partial charge is 0.271 e. The maximum absolute atomic E-state index is 12.6. The number of H-pyrrole nitrogens is 1. The van der Waals surface area contributed by atoms with Gasteiger partial charge in [0.15, 0.2) is 5.43 Å². The largest absolute Gasteiger partial charge is 0.354 e. The third-order valence-electron chi connectivity index (χ3n) is 3.81. The molecule has 0 bridgehead atoms. The highest BCUT2D eigenvalue weighted by Gasteiger charge is 2.28. The van der Waals surface area contributed by atoms with Gasteiger partial charge in [0, 0.05) is 42.8 Å². The number of rotatable bonds is 1.